The molecule has 88 valence electrons. The van der Waals surface area contributed by atoms with Gasteiger partial charge in [-0.1, -0.05) is 6.07 Å². The van der Waals surface area contributed by atoms with E-state index in [2.05, 4.69) is 0 Å². The van der Waals surface area contributed by atoms with E-state index >= 15 is 0 Å². The number of nitro benzene ring substituents is 1. The SMILES string of the molecule is O=C1C2CCC1Cc1cc([N+](=O)[O-])ccc1C2. The highest BCUT2D eigenvalue weighted by molar-refractivity contribution is 5.86. The van der Waals surface area contributed by atoms with Crippen molar-refractivity contribution in [3.8, 4) is 0 Å². The third-order valence-electron chi connectivity index (χ3n) is 4.00. The van der Waals surface area contributed by atoms with E-state index in [9.17, 15) is 14.9 Å². The lowest BCUT2D eigenvalue weighted by molar-refractivity contribution is -0.384. The van der Waals surface area contributed by atoms with Crippen molar-refractivity contribution in [3.63, 3.8) is 0 Å². The summed E-state index contributed by atoms with van der Waals surface area (Å²) in [6.45, 7) is 0. The summed E-state index contributed by atoms with van der Waals surface area (Å²) in [4.78, 5) is 22.3. The Bertz CT molecular complexity index is 509. The van der Waals surface area contributed by atoms with Gasteiger partial charge >= 0.3 is 0 Å². The number of hydrogen-bond donors (Lipinski definition) is 0. The predicted molar refractivity (Wildman–Crippen MR) is 61.7 cm³/mol. The molecule has 2 aliphatic carbocycles. The van der Waals surface area contributed by atoms with E-state index in [1.165, 1.54) is 0 Å². The van der Waals surface area contributed by atoms with Crippen LogP contribution in [-0.4, -0.2) is 10.7 Å². The predicted octanol–water partition coefficient (Wildman–Crippen LogP) is 2.29. The van der Waals surface area contributed by atoms with Gasteiger partial charge in [-0.05, 0) is 36.8 Å². The first-order valence-electron chi connectivity index (χ1n) is 5.95. The van der Waals surface area contributed by atoms with Gasteiger partial charge in [-0.15, -0.1) is 0 Å². The molecule has 4 heteroatoms. The van der Waals surface area contributed by atoms with Crippen LogP contribution >= 0.6 is 0 Å². The summed E-state index contributed by atoms with van der Waals surface area (Å²) in [7, 11) is 0. The number of hydrogen-bond acceptors (Lipinski definition) is 3. The largest absolute Gasteiger partial charge is 0.299 e. The van der Waals surface area contributed by atoms with Crippen molar-refractivity contribution in [2.24, 2.45) is 11.8 Å². The molecular formula is C13H13NO3. The first-order chi connectivity index (χ1) is 8.15. The molecule has 0 aromatic heterocycles. The van der Waals surface area contributed by atoms with Crippen LogP contribution < -0.4 is 0 Å². The molecule has 0 saturated heterocycles. The van der Waals surface area contributed by atoms with E-state index in [4.69, 9.17) is 0 Å². The maximum absolute atomic E-state index is 12.0. The monoisotopic (exact) mass is 231 g/mol. The summed E-state index contributed by atoms with van der Waals surface area (Å²) in [6.07, 6.45) is 3.39. The van der Waals surface area contributed by atoms with Crippen molar-refractivity contribution < 1.29 is 9.72 Å². The number of rotatable bonds is 1. The third kappa shape index (κ3) is 1.64. The highest BCUT2D eigenvalue weighted by atomic mass is 16.6. The molecule has 1 aromatic carbocycles. The topological polar surface area (TPSA) is 60.2 Å². The van der Waals surface area contributed by atoms with Crippen molar-refractivity contribution in [2.45, 2.75) is 25.7 Å². The molecule has 0 N–H and O–H groups in total. The Morgan fingerprint density at radius 1 is 1.12 bits per heavy atom. The van der Waals surface area contributed by atoms with Crippen LogP contribution in [-0.2, 0) is 17.6 Å². The van der Waals surface area contributed by atoms with E-state index in [0.717, 1.165) is 30.4 Å². The lowest BCUT2D eigenvalue weighted by Crippen LogP contribution is -2.13. The van der Waals surface area contributed by atoms with Crippen LogP contribution in [0.2, 0.25) is 0 Å². The van der Waals surface area contributed by atoms with E-state index in [1.54, 1.807) is 12.1 Å². The standard InChI is InChI=1S/C13H13NO3/c15-13-9-1-2-10(13)6-11-7-12(14(16)17)4-3-8(11)5-9/h3-4,7,9-10H,1-2,5-6H2. The lowest BCUT2D eigenvalue weighted by Gasteiger charge is -2.11. The summed E-state index contributed by atoms with van der Waals surface area (Å²) in [5, 5.41) is 10.7. The third-order valence-corrected chi connectivity index (χ3v) is 4.00. The molecular weight excluding hydrogens is 218 g/mol. The van der Waals surface area contributed by atoms with Gasteiger partial charge in [-0.3, -0.25) is 14.9 Å². The minimum Gasteiger partial charge on any atom is -0.299 e. The Morgan fingerprint density at radius 2 is 1.76 bits per heavy atom. The highest BCUT2D eigenvalue weighted by Gasteiger charge is 2.37. The van der Waals surface area contributed by atoms with Gasteiger partial charge in [-0.25, -0.2) is 0 Å². The summed E-state index contributed by atoms with van der Waals surface area (Å²) in [5.41, 5.74) is 2.25. The molecule has 4 nitrogen and oxygen atoms in total. The van der Waals surface area contributed by atoms with Crippen molar-refractivity contribution >= 4 is 11.5 Å². The molecule has 2 atom stereocenters. The zero-order valence-electron chi connectivity index (χ0n) is 9.39. The second kappa shape index (κ2) is 3.65. The molecule has 1 saturated carbocycles. The van der Waals surface area contributed by atoms with Gasteiger partial charge in [0.15, 0.2) is 0 Å². The second-order valence-corrected chi connectivity index (χ2v) is 4.99. The number of non-ortho nitro benzene ring substituents is 1. The van der Waals surface area contributed by atoms with Crippen LogP contribution in [0.25, 0.3) is 0 Å². The number of benzene rings is 1. The Hall–Kier alpha value is -1.71. The second-order valence-electron chi connectivity index (χ2n) is 4.99. The fourth-order valence-corrected chi connectivity index (χ4v) is 3.07. The molecule has 0 heterocycles. The average molecular weight is 231 g/mol. The zero-order chi connectivity index (χ0) is 12.0. The molecule has 0 aliphatic heterocycles. The van der Waals surface area contributed by atoms with Crippen LogP contribution in [0.5, 0.6) is 0 Å². The van der Waals surface area contributed by atoms with E-state index in [-0.39, 0.29) is 22.4 Å². The Morgan fingerprint density at radius 3 is 2.41 bits per heavy atom. The maximum Gasteiger partial charge on any atom is 0.269 e. The van der Waals surface area contributed by atoms with Gasteiger partial charge in [-0.2, -0.15) is 0 Å². The van der Waals surface area contributed by atoms with Crippen LogP contribution in [0.1, 0.15) is 24.0 Å². The van der Waals surface area contributed by atoms with Crippen molar-refractivity contribution in [2.75, 3.05) is 0 Å². The van der Waals surface area contributed by atoms with Crippen molar-refractivity contribution in [1.82, 2.24) is 0 Å². The number of ketones is 1. The van der Waals surface area contributed by atoms with Crippen LogP contribution in [0.3, 0.4) is 0 Å². The quantitative estimate of drug-likeness (QED) is 0.550. The molecule has 1 fully saturated rings. The molecule has 0 spiro atoms. The van der Waals surface area contributed by atoms with E-state index in [0.29, 0.717) is 12.2 Å². The van der Waals surface area contributed by atoms with Crippen LogP contribution in [0.15, 0.2) is 18.2 Å². The number of carbonyl (C=O) groups excluding carboxylic acids is 1. The fourth-order valence-electron chi connectivity index (χ4n) is 3.07. The summed E-state index contributed by atoms with van der Waals surface area (Å²) < 4.78 is 0. The number of Topliss-reactive ketones (excluding diaryl/α,β-unsaturated/α-hetero) is 1. The van der Waals surface area contributed by atoms with Crippen LogP contribution in [0.4, 0.5) is 5.69 Å². The molecule has 2 bridgehead atoms. The normalized spacial score (nSPS) is 26.5. The van der Waals surface area contributed by atoms with Gasteiger partial charge in [0.1, 0.15) is 5.78 Å². The zero-order valence-corrected chi connectivity index (χ0v) is 9.39. The number of nitro groups is 1. The van der Waals surface area contributed by atoms with Gasteiger partial charge in [0.25, 0.3) is 5.69 Å². The number of carbonyl (C=O) groups is 1. The molecule has 3 rings (SSSR count). The summed E-state index contributed by atoms with van der Waals surface area (Å²) in [6, 6.07) is 5.01. The van der Waals surface area contributed by atoms with Gasteiger partial charge in [0, 0.05) is 24.0 Å². The van der Waals surface area contributed by atoms with E-state index < -0.39 is 0 Å². The molecule has 2 aliphatic rings. The average Bonchev–Trinajstić information content (AvgIpc) is 2.54. The Kier molecular flexibility index (Phi) is 2.24. The smallest absolute Gasteiger partial charge is 0.269 e. The minimum atomic E-state index is -0.370. The molecule has 17 heavy (non-hydrogen) atoms. The number of fused-ring (bicyclic) bond motifs is 3. The number of nitrogens with zero attached hydrogens (tertiary/aromatic N) is 1. The maximum atomic E-state index is 12.0. The first-order valence-corrected chi connectivity index (χ1v) is 5.95. The molecule has 2 unspecified atom stereocenters. The first kappa shape index (κ1) is 10.4. The van der Waals surface area contributed by atoms with Crippen molar-refractivity contribution in [1.29, 1.82) is 0 Å². The Labute approximate surface area is 98.8 Å². The molecule has 0 radical (unpaired) electrons. The molecule has 0 amide bonds. The Balaban J connectivity index is 2.03. The van der Waals surface area contributed by atoms with Crippen molar-refractivity contribution in [3.05, 3.63) is 39.4 Å². The molecule has 1 aromatic rings. The lowest BCUT2D eigenvalue weighted by atomic mass is 9.93. The summed E-state index contributed by atoms with van der Waals surface area (Å²) in [5.74, 6) is 0.620. The van der Waals surface area contributed by atoms with Crippen LogP contribution in [0, 0.1) is 22.0 Å². The highest BCUT2D eigenvalue weighted by Crippen LogP contribution is 2.37. The van der Waals surface area contributed by atoms with Gasteiger partial charge in [0.05, 0.1) is 4.92 Å². The minimum absolute atomic E-state index is 0.100. The van der Waals surface area contributed by atoms with Gasteiger partial charge < -0.3 is 0 Å². The fraction of sp³-hybridized carbons (Fsp3) is 0.462. The van der Waals surface area contributed by atoms with Gasteiger partial charge in [0.2, 0.25) is 0 Å². The summed E-state index contributed by atoms with van der Waals surface area (Å²) >= 11 is 0. The van der Waals surface area contributed by atoms with E-state index in [1.807, 2.05) is 6.07 Å².